The molecule has 0 amide bonds. The fourth-order valence-electron chi connectivity index (χ4n) is 2.14. The van der Waals surface area contributed by atoms with E-state index in [-0.39, 0.29) is 5.41 Å². The summed E-state index contributed by atoms with van der Waals surface area (Å²) >= 11 is 1.93. The maximum Gasteiger partial charge on any atom is 0.0965 e. The molecule has 1 heterocycles. The SMILES string of the molecule is CCNCc1sc(C2CC2C)nc1C(C)(C)C. The number of aromatic nitrogens is 1. The number of hydrogen-bond acceptors (Lipinski definition) is 3. The first-order chi connectivity index (χ1) is 7.93. The Balaban J connectivity index is 2.24. The van der Waals surface area contributed by atoms with E-state index < -0.39 is 0 Å². The minimum Gasteiger partial charge on any atom is -0.312 e. The van der Waals surface area contributed by atoms with Crippen molar-refractivity contribution in [2.75, 3.05) is 6.54 Å². The first-order valence-electron chi connectivity index (χ1n) is 6.64. The van der Waals surface area contributed by atoms with E-state index in [1.54, 1.807) is 0 Å². The van der Waals surface area contributed by atoms with Gasteiger partial charge in [0.15, 0.2) is 0 Å². The van der Waals surface area contributed by atoms with Gasteiger partial charge in [0.25, 0.3) is 0 Å². The second-order valence-electron chi connectivity index (χ2n) is 6.17. The van der Waals surface area contributed by atoms with Crippen LogP contribution < -0.4 is 5.32 Å². The molecule has 0 saturated heterocycles. The van der Waals surface area contributed by atoms with Gasteiger partial charge in [0.05, 0.1) is 10.7 Å². The van der Waals surface area contributed by atoms with Crippen molar-refractivity contribution in [1.82, 2.24) is 10.3 Å². The third kappa shape index (κ3) is 2.89. The second-order valence-corrected chi connectivity index (χ2v) is 7.29. The highest BCUT2D eigenvalue weighted by Crippen LogP contribution is 2.49. The fourth-order valence-corrected chi connectivity index (χ4v) is 3.63. The van der Waals surface area contributed by atoms with Crippen LogP contribution in [0, 0.1) is 5.92 Å². The molecule has 2 unspecified atom stereocenters. The smallest absolute Gasteiger partial charge is 0.0965 e. The number of nitrogens with one attached hydrogen (secondary N) is 1. The Morgan fingerprint density at radius 1 is 1.41 bits per heavy atom. The van der Waals surface area contributed by atoms with Crippen molar-refractivity contribution < 1.29 is 0 Å². The van der Waals surface area contributed by atoms with Gasteiger partial charge in [0, 0.05) is 22.8 Å². The number of rotatable bonds is 4. The van der Waals surface area contributed by atoms with Gasteiger partial charge in [-0.1, -0.05) is 34.6 Å². The Morgan fingerprint density at radius 3 is 2.53 bits per heavy atom. The van der Waals surface area contributed by atoms with Crippen molar-refractivity contribution in [2.24, 2.45) is 5.92 Å². The highest BCUT2D eigenvalue weighted by Gasteiger charge is 2.38. The maximum absolute atomic E-state index is 4.93. The largest absolute Gasteiger partial charge is 0.312 e. The van der Waals surface area contributed by atoms with Crippen LogP contribution in [0.5, 0.6) is 0 Å². The third-order valence-corrected chi connectivity index (χ3v) is 4.57. The molecule has 96 valence electrons. The highest BCUT2D eigenvalue weighted by atomic mass is 32.1. The van der Waals surface area contributed by atoms with Crippen LogP contribution in [0.4, 0.5) is 0 Å². The van der Waals surface area contributed by atoms with Crippen molar-refractivity contribution in [2.45, 2.75) is 58.9 Å². The van der Waals surface area contributed by atoms with E-state index in [4.69, 9.17) is 4.98 Å². The molecule has 3 heteroatoms. The second kappa shape index (κ2) is 4.69. The van der Waals surface area contributed by atoms with Gasteiger partial charge in [-0.3, -0.25) is 0 Å². The van der Waals surface area contributed by atoms with Gasteiger partial charge in [-0.25, -0.2) is 4.98 Å². The average Bonchev–Trinajstić information content (AvgIpc) is 2.79. The zero-order valence-electron chi connectivity index (χ0n) is 11.6. The van der Waals surface area contributed by atoms with Crippen molar-refractivity contribution in [1.29, 1.82) is 0 Å². The predicted octanol–water partition coefficient (Wildman–Crippen LogP) is 3.67. The molecule has 0 bridgehead atoms. The molecule has 2 atom stereocenters. The predicted molar refractivity (Wildman–Crippen MR) is 74.7 cm³/mol. The normalized spacial score (nSPS) is 24.1. The lowest BCUT2D eigenvalue weighted by molar-refractivity contribution is 0.559. The minimum absolute atomic E-state index is 0.164. The van der Waals surface area contributed by atoms with E-state index >= 15 is 0 Å². The van der Waals surface area contributed by atoms with Crippen LogP contribution in [-0.4, -0.2) is 11.5 Å². The number of hydrogen-bond donors (Lipinski definition) is 1. The van der Waals surface area contributed by atoms with E-state index in [1.807, 2.05) is 11.3 Å². The summed E-state index contributed by atoms with van der Waals surface area (Å²) in [6.45, 7) is 13.3. The first-order valence-corrected chi connectivity index (χ1v) is 7.46. The average molecular weight is 252 g/mol. The van der Waals surface area contributed by atoms with Gasteiger partial charge in [0.1, 0.15) is 0 Å². The zero-order chi connectivity index (χ0) is 12.6. The molecule has 1 aliphatic rings. The summed E-state index contributed by atoms with van der Waals surface area (Å²) in [5, 5.41) is 4.80. The molecule has 0 spiro atoms. The minimum atomic E-state index is 0.164. The third-order valence-electron chi connectivity index (χ3n) is 3.39. The lowest BCUT2D eigenvalue weighted by Crippen LogP contribution is -2.18. The Labute approximate surface area is 109 Å². The molecular formula is C14H24N2S. The van der Waals surface area contributed by atoms with Gasteiger partial charge in [-0.2, -0.15) is 0 Å². The Morgan fingerprint density at radius 2 is 2.06 bits per heavy atom. The highest BCUT2D eigenvalue weighted by molar-refractivity contribution is 7.11. The summed E-state index contributed by atoms with van der Waals surface area (Å²) in [7, 11) is 0. The van der Waals surface area contributed by atoms with Crippen LogP contribution in [0.1, 0.15) is 62.5 Å². The van der Waals surface area contributed by atoms with E-state index in [9.17, 15) is 0 Å². The van der Waals surface area contributed by atoms with Crippen LogP contribution in [0.25, 0.3) is 0 Å². The molecule has 1 aliphatic carbocycles. The summed E-state index contributed by atoms with van der Waals surface area (Å²) in [4.78, 5) is 6.36. The van der Waals surface area contributed by atoms with E-state index in [2.05, 4.69) is 39.9 Å². The van der Waals surface area contributed by atoms with Crippen molar-refractivity contribution >= 4 is 11.3 Å². The summed E-state index contributed by atoms with van der Waals surface area (Å²) in [5.41, 5.74) is 1.47. The molecule has 17 heavy (non-hydrogen) atoms. The summed E-state index contributed by atoms with van der Waals surface area (Å²) < 4.78 is 0. The summed E-state index contributed by atoms with van der Waals surface area (Å²) in [5.74, 6) is 1.59. The van der Waals surface area contributed by atoms with Gasteiger partial charge in [-0.15, -0.1) is 11.3 Å². The molecule has 1 saturated carbocycles. The number of thiazole rings is 1. The topological polar surface area (TPSA) is 24.9 Å². The van der Waals surface area contributed by atoms with Gasteiger partial charge in [0.2, 0.25) is 0 Å². The molecule has 1 N–H and O–H groups in total. The van der Waals surface area contributed by atoms with Gasteiger partial charge < -0.3 is 5.32 Å². The fraction of sp³-hybridized carbons (Fsp3) is 0.786. The van der Waals surface area contributed by atoms with Crippen molar-refractivity contribution in [3.05, 3.63) is 15.6 Å². The molecular weight excluding hydrogens is 228 g/mol. The van der Waals surface area contributed by atoms with Crippen LogP contribution >= 0.6 is 11.3 Å². The quantitative estimate of drug-likeness (QED) is 0.884. The van der Waals surface area contributed by atoms with Gasteiger partial charge >= 0.3 is 0 Å². The van der Waals surface area contributed by atoms with Gasteiger partial charge in [-0.05, 0) is 18.9 Å². The lowest BCUT2D eigenvalue weighted by Gasteiger charge is -2.17. The monoisotopic (exact) mass is 252 g/mol. The van der Waals surface area contributed by atoms with Crippen LogP contribution in [0.3, 0.4) is 0 Å². The summed E-state index contributed by atoms with van der Waals surface area (Å²) in [6.07, 6.45) is 1.33. The molecule has 1 aromatic heterocycles. The van der Waals surface area contributed by atoms with E-state index in [1.165, 1.54) is 22.0 Å². The molecule has 2 rings (SSSR count). The standard InChI is InChI=1S/C14H24N2S/c1-6-15-8-11-12(14(3,4)5)16-13(17-11)10-7-9(10)2/h9-10,15H,6-8H2,1-5H3. The molecule has 0 aliphatic heterocycles. The molecule has 2 nitrogen and oxygen atoms in total. The molecule has 0 aromatic carbocycles. The Hall–Kier alpha value is -0.410. The zero-order valence-corrected chi connectivity index (χ0v) is 12.4. The van der Waals surface area contributed by atoms with Crippen molar-refractivity contribution in [3.63, 3.8) is 0 Å². The van der Waals surface area contributed by atoms with Crippen LogP contribution in [-0.2, 0) is 12.0 Å². The molecule has 0 radical (unpaired) electrons. The maximum atomic E-state index is 4.93. The Bertz CT molecular complexity index is 389. The van der Waals surface area contributed by atoms with E-state index in [0.717, 1.165) is 24.9 Å². The summed E-state index contributed by atoms with van der Waals surface area (Å²) in [6, 6.07) is 0. The van der Waals surface area contributed by atoms with Crippen molar-refractivity contribution in [3.8, 4) is 0 Å². The molecule has 1 aromatic rings. The number of nitrogens with zero attached hydrogens (tertiary/aromatic N) is 1. The van der Waals surface area contributed by atoms with Crippen LogP contribution in [0.15, 0.2) is 0 Å². The van der Waals surface area contributed by atoms with E-state index in [0.29, 0.717) is 0 Å². The van der Waals surface area contributed by atoms with Crippen LogP contribution in [0.2, 0.25) is 0 Å². The molecule has 1 fully saturated rings. The Kier molecular flexibility index (Phi) is 3.60. The first kappa shape index (κ1) is 13.0. The lowest BCUT2D eigenvalue weighted by atomic mass is 9.91.